The summed E-state index contributed by atoms with van der Waals surface area (Å²) in [7, 11) is 0. The predicted molar refractivity (Wildman–Crippen MR) is 69.0 cm³/mol. The molecule has 1 aliphatic heterocycles. The van der Waals surface area contributed by atoms with Gasteiger partial charge < -0.3 is 15.3 Å². The Morgan fingerprint density at radius 3 is 1.95 bits per heavy atom. The van der Waals surface area contributed by atoms with E-state index < -0.39 is 11.8 Å². The van der Waals surface area contributed by atoms with Gasteiger partial charge in [-0.25, -0.2) is 4.90 Å². The average Bonchev–Trinajstić information content (AvgIpc) is 2.60. The predicted octanol–water partition coefficient (Wildman–Crippen LogP) is 1.60. The van der Waals surface area contributed by atoms with Gasteiger partial charge >= 0.3 is 0 Å². The first-order chi connectivity index (χ1) is 9.47. The lowest BCUT2D eigenvalue weighted by Gasteiger charge is -2.14. The monoisotopic (exact) mass is 271 g/mol. The molecule has 2 aromatic carbocycles. The first-order valence-corrected chi connectivity index (χ1v) is 5.72. The Balaban J connectivity index is 2.14. The number of hydrogen-bond donors (Lipinski definition) is 3. The molecule has 0 unspecified atom stereocenters. The second-order valence-corrected chi connectivity index (χ2v) is 4.38. The minimum Gasteiger partial charge on any atom is -0.508 e. The quantitative estimate of drug-likeness (QED) is 0.684. The summed E-state index contributed by atoms with van der Waals surface area (Å²) >= 11 is 0. The molecule has 0 bridgehead atoms. The fourth-order valence-corrected chi connectivity index (χ4v) is 2.17. The Labute approximate surface area is 113 Å². The summed E-state index contributed by atoms with van der Waals surface area (Å²) in [5.41, 5.74) is 0.307. The van der Waals surface area contributed by atoms with Crippen molar-refractivity contribution < 1.29 is 24.9 Å². The van der Waals surface area contributed by atoms with Crippen LogP contribution in [0, 0.1) is 0 Å². The fourth-order valence-electron chi connectivity index (χ4n) is 2.17. The number of rotatable bonds is 1. The average molecular weight is 271 g/mol. The topological polar surface area (TPSA) is 98.1 Å². The highest BCUT2D eigenvalue weighted by Crippen LogP contribution is 2.34. The molecule has 6 heteroatoms. The van der Waals surface area contributed by atoms with Crippen molar-refractivity contribution in [1.29, 1.82) is 0 Å². The van der Waals surface area contributed by atoms with Crippen molar-refractivity contribution in [3.8, 4) is 17.2 Å². The summed E-state index contributed by atoms with van der Waals surface area (Å²) < 4.78 is 0. The van der Waals surface area contributed by atoms with Gasteiger partial charge in [0.25, 0.3) is 11.8 Å². The van der Waals surface area contributed by atoms with Gasteiger partial charge in [-0.15, -0.1) is 0 Å². The largest absolute Gasteiger partial charge is 0.508 e. The molecule has 20 heavy (non-hydrogen) atoms. The molecule has 0 atom stereocenters. The molecule has 0 aliphatic carbocycles. The number of aromatic hydroxyl groups is 3. The molecule has 3 rings (SSSR count). The van der Waals surface area contributed by atoms with Gasteiger partial charge in [0, 0.05) is 18.2 Å². The summed E-state index contributed by atoms with van der Waals surface area (Å²) in [4.78, 5) is 25.3. The Bertz CT molecular complexity index is 733. The van der Waals surface area contributed by atoms with Gasteiger partial charge in [-0.3, -0.25) is 9.59 Å². The van der Waals surface area contributed by atoms with Crippen LogP contribution in [0.3, 0.4) is 0 Å². The third kappa shape index (κ3) is 1.66. The highest BCUT2D eigenvalue weighted by Gasteiger charge is 2.37. The van der Waals surface area contributed by atoms with Gasteiger partial charge in [0.15, 0.2) is 0 Å². The lowest BCUT2D eigenvalue weighted by molar-refractivity contribution is 0.0926. The maximum atomic E-state index is 12.2. The molecule has 2 amide bonds. The number of phenolic OH excluding ortho intramolecular Hbond substituents is 3. The molecular formula is C14H9NO5. The zero-order valence-corrected chi connectivity index (χ0v) is 10.1. The molecule has 1 aliphatic rings. The number of hydrogen-bond acceptors (Lipinski definition) is 5. The van der Waals surface area contributed by atoms with Crippen molar-refractivity contribution in [2.75, 3.05) is 4.90 Å². The van der Waals surface area contributed by atoms with Gasteiger partial charge in [-0.2, -0.15) is 0 Å². The summed E-state index contributed by atoms with van der Waals surface area (Å²) in [5.74, 6) is -1.84. The van der Waals surface area contributed by atoms with E-state index in [1.807, 2.05) is 0 Å². The number of carbonyl (C=O) groups excluding carboxylic acids is 2. The minimum atomic E-state index is -0.620. The second kappa shape index (κ2) is 3.99. The lowest BCUT2D eigenvalue weighted by Crippen LogP contribution is -2.29. The van der Waals surface area contributed by atoms with E-state index in [1.54, 1.807) is 0 Å². The van der Waals surface area contributed by atoms with E-state index in [-0.39, 0.29) is 34.1 Å². The van der Waals surface area contributed by atoms with Crippen molar-refractivity contribution in [3.05, 3.63) is 47.5 Å². The van der Waals surface area contributed by atoms with Crippen molar-refractivity contribution in [1.82, 2.24) is 0 Å². The van der Waals surface area contributed by atoms with Crippen LogP contribution >= 0.6 is 0 Å². The summed E-state index contributed by atoms with van der Waals surface area (Å²) in [6, 6.07) is 7.36. The fraction of sp³-hybridized carbons (Fsp3) is 0. The number of carbonyl (C=O) groups is 2. The summed E-state index contributed by atoms with van der Waals surface area (Å²) in [6.45, 7) is 0. The third-order valence-corrected chi connectivity index (χ3v) is 3.02. The van der Waals surface area contributed by atoms with E-state index >= 15 is 0 Å². The molecule has 6 nitrogen and oxygen atoms in total. The van der Waals surface area contributed by atoms with Crippen LogP contribution in [0.4, 0.5) is 5.69 Å². The van der Waals surface area contributed by atoms with E-state index in [0.29, 0.717) is 0 Å². The number of fused-ring (bicyclic) bond motifs is 1. The lowest BCUT2D eigenvalue weighted by atomic mass is 10.1. The Morgan fingerprint density at radius 1 is 0.700 bits per heavy atom. The minimum absolute atomic E-state index is 0.0631. The maximum Gasteiger partial charge on any atom is 0.266 e. The van der Waals surface area contributed by atoms with Crippen LogP contribution in [0.1, 0.15) is 20.7 Å². The highest BCUT2D eigenvalue weighted by molar-refractivity contribution is 6.34. The van der Waals surface area contributed by atoms with Crippen LogP contribution in [0.25, 0.3) is 0 Å². The smallest absolute Gasteiger partial charge is 0.266 e. The van der Waals surface area contributed by atoms with E-state index in [1.165, 1.54) is 30.3 Å². The van der Waals surface area contributed by atoms with Crippen molar-refractivity contribution >= 4 is 17.5 Å². The molecule has 0 aromatic heterocycles. The molecule has 0 radical (unpaired) electrons. The molecule has 0 saturated carbocycles. The number of nitrogens with zero attached hydrogens (tertiary/aromatic N) is 1. The normalized spacial score (nSPS) is 13.7. The van der Waals surface area contributed by atoms with E-state index in [0.717, 1.165) is 11.0 Å². The maximum absolute atomic E-state index is 12.2. The van der Waals surface area contributed by atoms with Gasteiger partial charge in [0.05, 0.1) is 16.8 Å². The van der Waals surface area contributed by atoms with E-state index in [4.69, 9.17) is 0 Å². The molecule has 0 spiro atoms. The zero-order valence-electron chi connectivity index (χ0n) is 10.1. The van der Waals surface area contributed by atoms with Crippen molar-refractivity contribution in [3.63, 3.8) is 0 Å². The number of anilines is 1. The number of benzene rings is 2. The standard InChI is InChI=1S/C14H9NO5/c16-8-1-2-11-12(6-8)14(20)15(13(11)19)7-3-9(17)5-10(18)4-7/h1-6,16-18H. The molecule has 100 valence electrons. The zero-order chi connectivity index (χ0) is 14.4. The summed E-state index contributed by atoms with van der Waals surface area (Å²) in [6.07, 6.45) is 0. The van der Waals surface area contributed by atoms with Gasteiger partial charge in [-0.05, 0) is 18.2 Å². The molecule has 0 fully saturated rings. The van der Waals surface area contributed by atoms with Crippen LogP contribution in [0.2, 0.25) is 0 Å². The molecule has 0 saturated heterocycles. The number of phenols is 3. The molecule has 3 N–H and O–H groups in total. The first kappa shape index (κ1) is 12.0. The Kier molecular flexibility index (Phi) is 2.40. The van der Waals surface area contributed by atoms with Crippen molar-refractivity contribution in [2.45, 2.75) is 0 Å². The highest BCUT2D eigenvalue weighted by atomic mass is 16.3. The third-order valence-electron chi connectivity index (χ3n) is 3.02. The number of imide groups is 1. The van der Waals surface area contributed by atoms with E-state index in [2.05, 4.69) is 0 Å². The second-order valence-electron chi connectivity index (χ2n) is 4.38. The van der Waals surface area contributed by atoms with Gasteiger partial charge in [0.2, 0.25) is 0 Å². The van der Waals surface area contributed by atoms with Gasteiger partial charge in [0.1, 0.15) is 17.2 Å². The van der Waals surface area contributed by atoms with E-state index in [9.17, 15) is 24.9 Å². The Morgan fingerprint density at radius 2 is 1.30 bits per heavy atom. The van der Waals surface area contributed by atoms with Crippen molar-refractivity contribution in [2.24, 2.45) is 0 Å². The van der Waals surface area contributed by atoms with Crippen LogP contribution in [0.5, 0.6) is 17.2 Å². The molecular weight excluding hydrogens is 262 g/mol. The molecule has 1 heterocycles. The van der Waals surface area contributed by atoms with Crippen LogP contribution in [-0.4, -0.2) is 27.1 Å². The van der Waals surface area contributed by atoms with Crippen LogP contribution < -0.4 is 4.90 Å². The number of amides is 2. The Hall–Kier alpha value is -3.02. The van der Waals surface area contributed by atoms with Gasteiger partial charge in [-0.1, -0.05) is 0 Å². The van der Waals surface area contributed by atoms with Crippen LogP contribution in [-0.2, 0) is 0 Å². The first-order valence-electron chi connectivity index (χ1n) is 5.72. The SMILES string of the molecule is O=C1c2ccc(O)cc2C(=O)N1c1cc(O)cc(O)c1. The summed E-state index contributed by atoms with van der Waals surface area (Å²) in [5, 5.41) is 28.3. The van der Waals surface area contributed by atoms with Crippen LogP contribution in [0.15, 0.2) is 36.4 Å². The molecule has 2 aromatic rings.